The van der Waals surface area contributed by atoms with E-state index in [1.165, 1.54) is 5.70 Å². The molecule has 3 heterocycles. The fourth-order valence-corrected chi connectivity index (χ4v) is 3.39. The molecule has 0 spiro atoms. The lowest BCUT2D eigenvalue weighted by Crippen LogP contribution is -2.35. The molecule has 1 fully saturated rings. The van der Waals surface area contributed by atoms with Gasteiger partial charge in [0, 0.05) is 17.9 Å². The first-order chi connectivity index (χ1) is 10.8. The van der Waals surface area contributed by atoms with Crippen LogP contribution in [0.4, 0.5) is 5.95 Å². The van der Waals surface area contributed by atoms with Crippen molar-refractivity contribution >= 4 is 23.4 Å². The van der Waals surface area contributed by atoms with Gasteiger partial charge in [0.25, 0.3) is 0 Å². The van der Waals surface area contributed by atoms with Crippen LogP contribution in [0.15, 0.2) is 28.4 Å². The minimum atomic E-state index is 0.428. The topological polar surface area (TPSA) is 87.9 Å². The predicted molar refractivity (Wildman–Crippen MR) is 91.8 cm³/mol. The van der Waals surface area contributed by atoms with Crippen LogP contribution >= 0.6 is 11.8 Å². The zero-order valence-corrected chi connectivity index (χ0v) is 13.5. The van der Waals surface area contributed by atoms with Gasteiger partial charge >= 0.3 is 0 Å². The van der Waals surface area contributed by atoms with Crippen LogP contribution in [-0.2, 0) is 0 Å². The quantitative estimate of drug-likeness (QED) is 0.673. The number of hydrogen-bond donors (Lipinski definition) is 4. The summed E-state index contributed by atoms with van der Waals surface area (Å²) in [6, 6.07) is 2.28. The van der Waals surface area contributed by atoms with Gasteiger partial charge in [0.15, 0.2) is 0 Å². The largest absolute Gasteiger partial charge is 0.395 e. The molecule has 118 valence electrons. The molecular weight excluding hydrogens is 296 g/mol. The lowest BCUT2D eigenvalue weighted by molar-refractivity contribution is 0.477. The van der Waals surface area contributed by atoms with E-state index < -0.39 is 0 Å². The maximum atomic E-state index is 6.25. The molecule has 3 rings (SSSR count). The van der Waals surface area contributed by atoms with Crippen LogP contribution in [0.1, 0.15) is 31.9 Å². The Morgan fingerprint density at radius 1 is 1.45 bits per heavy atom. The number of aromatic nitrogens is 2. The van der Waals surface area contributed by atoms with E-state index >= 15 is 0 Å². The maximum absolute atomic E-state index is 6.25. The smallest absolute Gasteiger partial charge is 0.223 e. The molecule has 0 saturated carbocycles. The molecule has 0 radical (unpaired) electrons. The highest BCUT2D eigenvalue weighted by molar-refractivity contribution is 8.06. The first kappa shape index (κ1) is 15.2. The summed E-state index contributed by atoms with van der Waals surface area (Å²) in [6.07, 6.45) is 4.90. The molecule has 0 aromatic carbocycles. The van der Waals surface area contributed by atoms with Crippen molar-refractivity contribution in [3.05, 3.63) is 34.1 Å². The number of thioether (sulfide) groups is 1. The summed E-state index contributed by atoms with van der Waals surface area (Å²) in [5.41, 5.74) is 8.86. The summed E-state index contributed by atoms with van der Waals surface area (Å²) >= 11 is 1.61. The van der Waals surface area contributed by atoms with Crippen LogP contribution in [0.2, 0.25) is 0 Å². The Balaban J connectivity index is 1.72. The van der Waals surface area contributed by atoms with Gasteiger partial charge in [0.1, 0.15) is 5.03 Å². The predicted octanol–water partition coefficient (Wildman–Crippen LogP) is 1.81. The van der Waals surface area contributed by atoms with E-state index in [1.807, 2.05) is 6.07 Å². The van der Waals surface area contributed by atoms with Crippen molar-refractivity contribution in [3.63, 3.8) is 0 Å². The van der Waals surface area contributed by atoms with Gasteiger partial charge in [-0.15, -0.1) is 0 Å². The van der Waals surface area contributed by atoms with Gasteiger partial charge < -0.3 is 21.7 Å². The van der Waals surface area contributed by atoms with E-state index in [1.54, 1.807) is 18.0 Å². The number of piperidine rings is 1. The standard InChI is InChI=1S/C15H22N6S/c1-2-10-9-22-14(19-10)13(16)12-5-8-18-15(21-12)20-11-3-6-17-7-4-11/h5,8-9,11,17,19H,2-4,6-7,16H2,1H3,(H,18,20,21)/b14-13+. The number of allylic oxidation sites excluding steroid dienone is 1. The highest BCUT2D eigenvalue weighted by Gasteiger charge is 2.16. The molecule has 2 aliphatic heterocycles. The number of nitrogens with one attached hydrogen (secondary N) is 3. The van der Waals surface area contributed by atoms with Crippen LogP contribution in [0, 0.1) is 0 Å². The third kappa shape index (κ3) is 3.53. The number of rotatable bonds is 4. The molecule has 2 aliphatic rings. The van der Waals surface area contributed by atoms with E-state index in [0.29, 0.717) is 17.7 Å². The second-order valence-electron chi connectivity index (χ2n) is 5.42. The third-order valence-corrected chi connectivity index (χ3v) is 4.78. The Labute approximate surface area is 135 Å². The minimum absolute atomic E-state index is 0.428. The van der Waals surface area contributed by atoms with E-state index in [9.17, 15) is 0 Å². The lowest BCUT2D eigenvalue weighted by atomic mass is 10.1. The number of nitrogens with two attached hydrogens (primary N) is 1. The highest BCUT2D eigenvalue weighted by Crippen LogP contribution is 2.29. The van der Waals surface area contributed by atoms with Gasteiger partial charge in [0.2, 0.25) is 5.95 Å². The minimum Gasteiger partial charge on any atom is -0.395 e. The molecule has 1 aromatic rings. The van der Waals surface area contributed by atoms with Crippen molar-refractivity contribution in [2.24, 2.45) is 5.73 Å². The van der Waals surface area contributed by atoms with Crippen LogP contribution in [-0.4, -0.2) is 29.1 Å². The van der Waals surface area contributed by atoms with Crippen molar-refractivity contribution in [2.75, 3.05) is 18.4 Å². The highest BCUT2D eigenvalue weighted by atomic mass is 32.2. The average molecular weight is 318 g/mol. The van der Waals surface area contributed by atoms with Gasteiger partial charge in [0.05, 0.1) is 11.4 Å². The van der Waals surface area contributed by atoms with Crippen molar-refractivity contribution < 1.29 is 0 Å². The van der Waals surface area contributed by atoms with Gasteiger partial charge in [-0.2, -0.15) is 0 Å². The fourth-order valence-electron chi connectivity index (χ4n) is 2.48. The Morgan fingerprint density at radius 2 is 2.27 bits per heavy atom. The van der Waals surface area contributed by atoms with Crippen molar-refractivity contribution in [1.82, 2.24) is 20.6 Å². The van der Waals surface area contributed by atoms with Crippen LogP contribution in [0.25, 0.3) is 5.70 Å². The van der Waals surface area contributed by atoms with Gasteiger partial charge in [-0.3, -0.25) is 0 Å². The van der Waals surface area contributed by atoms with Gasteiger partial charge in [-0.25, -0.2) is 9.97 Å². The number of nitrogens with zero attached hydrogens (tertiary/aromatic N) is 2. The van der Waals surface area contributed by atoms with Crippen molar-refractivity contribution in [3.8, 4) is 0 Å². The van der Waals surface area contributed by atoms with Crippen LogP contribution < -0.4 is 21.7 Å². The summed E-state index contributed by atoms with van der Waals surface area (Å²) in [7, 11) is 0. The van der Waals surface area contributed by atoms with Gasteiger partial charge in [-0.1, -0.05) is 18.7 Å². The molecule has 1 saturated heterocycles. The Bertz CT molecular complexity index is 591. The fraction of sp³-hybridized carbons (Fsp3) is 0.467. The molecule has 0 unspecified atom stereocenters. The molecule has 0 amide bonds. The molecule has 1 aromatic heterocycles. The molecule has 5 N–H and O–H groups in total. The second kappa shape index (κ2) is 7.02. The Kier molecular flexibility index (Phi) is 4.84. The molecule has 0 bridgehead atoms. The molecule has 0 atom stereocenters. The second-order valence-corrected chi connectivity index (χ2v) is 6.30. The molecule has 6 nitrogen and oxygen atoms in total. The lowest BCUT2D eigenvalue weighted by Gasteiger charge is -2.23. The summed E-state index contributed by atoms with van der Waals surface area (Å²) < 4.78 is 0. The first-order valence-corrected chi connectivity index (χ1v) is 8.57. The van der Waals surface area contributed by atoms with Crippen LogP contribution in [0.5, 0.6) is 0 Å². The normalized spacial score (nSPS) is 21.2. The maximum Gasteiger partial charge on any atom is 0.223 e. The summed E-state index contributed by atoms with van der Waals surface area (Å²) in [4.78, 5) is 8.87. The first-order valence-electron chi connectivity index (χ1n) is 7.69. The van der Waals surface area contributed by atoms with Crippen molar-refractivity contribution in [1.29, 1.82) is 0 Å². The average Bonchev–Trinajstić information content (AvgIpc) is 3.04. The zero-order valence-electron chi connectivity index (χ0n) is 12.7. The molecular formula is C15H22N6S. The summed E-state index contributed by atoms with van der Waals surface area (Å²) in [5, 5.41) is 13.1. The van der Waals surface area contributed by atoms with Crippen molar-refractivity contribution in [2.45, 2.75) is 32.2 Å². The Morgan fingerprint density at radius 3 is 3.00 bits per heavy atom. The third-order valence-electron chi connectivity index (χ3n) is 3.82. The monoisotopic (exact) mass is 318 g/mol. The number of anilines is 1. The van der Waals surface area contributed by atoms with Crippen LogP contribution in [0.3, 0.4) is 0 Å². The number of hydrogen-bond acceptors (Lipinski definition) is 7. The summed E-state index contributed by atoms with van der Waals surface area (Å²) in [6.45, 7) is 4.19. The van der Waals surface area contributed by atoms with E-state index in [-0.39, 0.29) is 0 Å². The zero-order chi connectivity index (χ0) is 15.4. The Hall–Kier alpha value is -1.73. The molecule has 0 aliphatic carbocycles. The van der Waals surface area contributed by atoms with E-state index in [0.717, 1.165) is 43.1 Å². The molecule has 7 heteroatoms. The van der Waals surface area contributed by atoms with E-state index in [4.69, 9.17) is 5.73 Å². The van der Waals surface area contributed by atoms with E-state index in [2.05, 4.69) is 38.3 Å². The van der Waals surface area contributed by atoms with Gasteiger partial charge in [-0.05, 0) is 43.8 Å². The summed E-state index contributed by atoms with van der Waals surface area (Å²) in [5.74, 6) is 0.652. The SMILES string of the molecule is CCC1=CS/C(=C(/N)c2ccnc(NC3CCNCC3)n2)N1. The molecule has 22 heavy (non-hydrogen) atoms.